The summed E-state index contributed by atoms with van der Waals surface area (Å²) in [4.78, 5) is 15.0. The molecule has 8 heteroatoms. The molecule has 0 aliphatic heterocycles. The van der Waals surface area contributed by atoms with Crippen LogP contribution in [0.5, 0.6) is 5.75 Å². The second kappa shape index (κ2) is 9.64. The molecule has 0 aliphatic rings. The van der Waals surface area contributed by atoms with Gasteiger partial charge in [0.1, 0.15) is 12.4 Å². The lowest BCUT2D eigenvalue weighted by Gasteiger charge is -2.06. The third-order valence-electron chi connectivity index (χ3n) is 4.34. The number of hydrogen-bond acceptors (Lipinski definition) is 7. The smallest absolute Gasteiger partial charge is 0.270 e. The second-order valence-corrected chi connectivity index (χ2v) is 7.42. The zero-order chi connectivity index (χ0) is 21.5. The maximum atomic E-state index is 11.0. The van der Waals surface area contributed by atoms with E-state index in [4.69, 9.17) is 4.74 Å². The fourth-order valence-corrected chi connectivity index (χ4v) is 3.49. The molecule has 0 amide bonds. The van der Waals surface area contributed by atoms with E-state index in [0.717, 1.165) is 16.9 Å². The van der Waals surface area contributed by atoms with Crippen LogP contribution < -0.4 is 10.2 Å². The van der Waals surface area contributed by atoms with E-state index in [1.165, 1.54) is 23.5 Å². The molecule has 0 spiro atoms. The molecular weight excluding hydrogens is 412 g/mol. The monoisotopic (exact) mass is 430 g/mol. The molecule has 0 unspecified atom stereocenters. The Hall–Kier alpha value is -4.04. The lowest BCUT2D eigenvalue weighted by molar-refractivity contribution is -0.384. The van der Waals surface area contributed by atoms with Crippen molar-refractivity contribution in [3.05, 3.63) is 105 Å². The van der Waals surface area contributed by atoms with Crippen LogP contribution in [0.2, 0.25) is 0 Å². The van der Waals surface area contributed by atoms with Gasteiger partial charge in [-0.15, -0.1) is 11.3 Å². The molecule has 0 radical (unpaired) electrons. The summed E-state index contributed by atoms with van der Waals surface area (Å²) in [5.74, 6) is 0.759. The van der Waals surface area contributed by atoms with Gasteiger partial charge in [0.15, 0.2) is 0 Å². The average molecular weight is 430 g/mol. The van der Waals surface area contributed by atoms with E-state index in [2.05, 4.69) is 15.5 Å². The Morgan fingerprint density at radius 2 is 1.90 bits per heavy atom. The summed E-state index contributed by atoms with van der Waals surface area (Å²) in [6.45, 7) is 0.499. The fraction of sp³-hybridized carbons (Fsp3) is 0.0435. The minimum absolute atomic E-state index is 0.0346. The molecular formula is C23H18N4O3S. The number of benzene rings is 3. The summed E-state index contributed by atoms with van der Waals surface area (Å²) in [5, 5.41) is 17.6. The molecule has 4 aromatic rings. The predicted octanol–water partition coefficient (Wildman–Crippen LogP) is 5.74. The van der Waals surface area contributed by atoms with Gasteiger partial charge in [-0.05, 0) is 23.3 Å². The predicted molar refractivity (Wildman–Crippen MR) is 123 cm³/mol. The van der Waals surface area contributed by atoms with Crippen molar-refractivity contribution in [3.8, 4) is 17.0 Å². The first kappa shape index (κ1) is 20.2. The van der Waals surface area contributed by atoms with Crippen LogP contribution in [0.3, 0.4) is 0 Å². The minimum Gasteiger partial charge on any atom is -0.489 e. The molecule has 0 fully saturated rings. The van der Waals surface area contributed by atoms with Gasteiger partial charge in [0.2, 0.25) is 5.13 Å². The van der Waals surface area contributed by atoms with Crippen LogP contribution in [0.15, 0.2) is 89.3 Å². The van der Waals surface area contributed by atoms with Crippen molar-refractivity contribution in [3.63, 3.8) is 0 Å². The van der Waals surface area contributed by atoms with Gasteiger partial charge in [0.25, 0.3) is 5.69 Å². The summed E-state index contributed by atoms with van der Waals surface area (Å²) >= 11 is 1.37. The first-order chi connectivity index (χ1) is 15.2. The highest BCUT2D eigenvalue weighted by Crippen LogP contribution is 2.27. The maximum Gasteiger partial charge on any atom is 0.270 e. The van der Waals surface area contributed by atoms with Gasteiger partial charge in [0.05, 0.1) is 16.8 Å². The number of anilines is 1. The third kappa shape index (κ3) is 5.52. The van der Waals surface area contributed by atoms with Crippen LogP contribution in [0.25, 0.3) is 11.3 Å². The first-order valence-corrected chi connectivity index (χ1v) is 10.3. The number of nitrogens with zero attached hydrogens (tertiary/aromatic N) is 3. The zero-order valence-electron chi connectivity index (χ0n) is 16.3. The summed E-state index contributed by atoms with van der Waals surface area (Å²) in [5.41, 5.74) is 6.26. The zero-order valence-corrected chi connectivity index (χ0v) is 17.2. The number of non-ortho nitro benzene ring substituents is 1. The van der Waals surface area contributed by atoms with Crippen LogP contribution in [0.1, 0.15) is 11.1 Å². The Kier molecular flexibility index (Phi) is 6.29. The van der Waals surface area contributed by atoms with Crippen LogP contribution >= 0.6 is 11.3 Å². The van der Waals surface area contributed by atoms with Gasteiger partial charge in [-0.25, -0.2) is 4.98 Å². The number of nitro groups is 1. The largest absolute Gasteiger partial charge is 0.489 e. The Balaban J connectivity index is 1.37. The number of hydrazone groups is 1. The van der Waals surface area contributed by atoms with Crippen molar-refractivity contribution in [1.82, 2.24) is 4.98 Å². The van der Waals surface area contributed by atoms with Crippen LogP contribution in [0, 0.1) is 10.1 Å². The maximum absolute atomic E-state index is 11.0. The first-order valence-electron chi connectivity index (χ1n) is 9.43. The molecule has 154 valence electrons. The average Bonchev–Trinajstić information content (AvgIpc) is 3.28. The Labute approximate surface area is 182 Å². The highest BCUT2D eigenvalue weighted by molar-refractivity contribution is 7.14. The molecule has 0 saturated heterocycles. The van der Waals surface area contributed by atoms with Crippen molar-refractivity contribution in [2.75, 3.05) is 5.43 Å². The summed E-state index contributed by atoms with van der Waals surface area (Å²) in [7, 11) is 0. The Bertz CT molecular complexity index is 1210. The highest BCUT2D eigenvalue weighted by atomic mass is 32.1. The standard InChI is InChI=1S/C23H18N4O3S/c28-27(29)20-10-5-9-19(13-20)22-16-31-23(25-22)26-24-14-18-8-4-11-21(12-18)30-15-17-6-2-1-3-7-17/h1-14,16H,15H2,(H,25,26)/b24-14-. The van der Waals surface area contributed by atoms with Gasteiger partial charge >= 0.3 is 0 Å². The van der Waals surface area contributed by atoms with Gasteiger partial charge in [-0.1, -0.05) is 54.6 Å². The van der Waals surface area contributed by atoms with E-state index in [1.807, 2.05) is 60.0 Å². The fourth-order valence-electron chi connectivity index (χ4n) is 2.82. The summed E-state index contributed by atoms with van der Waals surface area (Å²) < 4.78 is 5.84. The highest BCUT2D eigenvalue weighted by Gasteiger charge is 2.09. The van der Waals surface area contributed by atoms with Crippen LogP contribution in [0.4, 0.5) is 10.8 Å². The van der Waals surface area contributed by atoms with Gasteiger partial charge in [0, 0.05) is 23.1 Å². The molecule has 3 aromatic carbocycles. The molecule has 0 atom stereocenters. The van der Waals surface area contributed by atoms with E-state index < -0.39 is 4.92 Å². The lowest BCUT2D eigenvalue weighted by atomic mass is 10.1. The van der Waals surface area contributed by atoms with Gasteiger partial charge < -0.3 is 4.74 Å². The lowest BCUT2D eigenvalue weighted by Crippen LogP contribution is -1.96. The number of thiazole rings is 1. The Morgan fingerprint density at radius 1 is 1.06 bits per heavy atom. The van der Waals surface area contributed by atoms with E-state index >= 15 is 0 Å². The molecule has 4 rings (SSSR count). The number of ether oxygens (including phenoxy) is 1. The van der Waals surface area contributed by atoms with E-state index in [9.17, 15) is 10.1 Å². The minimum atomic E-state index is -0.420. The van der Waals surface area contributed by atoms with Crippen LogP contribution in [-0.2, 0) is 6.61 Å². The SMILES string of the molecule is O=[N+]([O-])c1cccc(-c2csc(N/N=C\c3cccc(OCc4ccccc4)c3)n2)c1. The van der Waals surface area contributed by atoms with Crippen molar-refractivity contribution in [2.24, 2.45) is 5.10 Å². The van der Waals surface area contributed by atoms with Gasteiger partial charge in [-0.2, -0.15) is 5.10 Å². The van der Waals surface area contributed by atoms with Crippen molar-refractivity contribution in [2.45, 2.75) is 6.61 Å². The van der Waals surface area contributed by atoms with E-state index in [-0.39, 0.29) is 5.69 Å². The van der Waals surface area contributed by atoms with Crippen molar-refractivity contribution < 1.29 is 9.66 Å². The third-order valence-corrected chi connectivity index (χ3v) is 5.08. The second-order valence-electron chi connectivity index (χ2n) is 6.56. The van der Waals surface area contributed by atoms with Crippen LogP contribution in [-0.4, -0.2) is 16.1 Å². The number of hydrogen-bond donors (Lipinski definition) is 1. The Morgan fingerprint density at radius 3 is 2.74 bits per heavy atom. The molecule has 1 heterocycles. The molecule has 7 nitrogen and oxygen atoms in total. The molecule has 1 N–H and O–H groups in total. The number of aromatic nitrogens is 1. The van der Waals surface area contributed by atoms with E-state index in [1.54, 1.807) is 18.3 Å². The van der Waals surface area contributed by atoms with Crippen molar-refractivity contribution in [1.29, 1.82) is 0 Å². The molecule has 31 heavy (non-hydrogen) atoms. The quantitative estimate of drug-likeness (QED) is 0.219. The number of nitro benzene ring substituents is 1. The van der Waals surface area contributed by atoms with Crippen molar-refractivity contribution >= 4 is 28.4 Å². The number of nitrogens with one attached hydrogen (secondary N) is 1. The van der Waals surface area contributed by atoms with Gasteiger partial charge in [-0.3, -0.25) is 15.5 Å². The molecule has 1 aromatic heterocycles. The normalized spacial score (nSPS) is 10.8. The topological polar surface area (TPSA) is 89.7 Å². The summed E-state index contributed by atoms with van der Waals surface area (Å²) in [6, 6.07) is 24.0. The molecule has 0 saturated carbocycles. The number of rotatable bonds is 8. The molecule has 0 bridgehead atoms. The van der Waals surface area contributed by atoms with E-state index in [0.29, 0.717) is 23.0 Å². The molecule has 0 aliphatic carbocycles. The summed E-state index contributed by atoms with van der Waals surface area (Å²) in [6.07, 6.45) is 1.68.